The number of rotatable bonds is 7. The van der Waals surface area contributed by atoms with Crippen molar-refractivity contribution in [3.05, 3.63) is 58.9 Å². The highest BCUT2D eigenvalue weighted by Crippen LogP contribution is 2.35. The molecule has 3 aromatic rings. The van der Waals surface area contributed by atoms with Crippen LogP contribution in [0.4, 0.5) is 9.52 Å². The lowest BCUT2D eigenvalue weighted by Crippen LogP contribution is -2.11. The van der Waals surface area contributed by atoms with Crippen molar-refractivity contribution in [2.75, 3.05) is 25.3 Å². The van der Waals surface area contributed by atoms with E-state index in [9.17, 15) is 4.39 Å². The van der Waals surface area contributed by atoms with Gasteiger partial charge in [-0.2, -0.15) is 0 Å². The van der Waals surface area contributed by atoms with Gasteiger partial charge in [-0.1, -0.05) is 23.5 Å². The first-order chi connectivity index (χ1) is 12.8. The molecule has 1 N–H and O–H groups in total. The van der Waals surface area contributed by atoms with Crippen LogP contribution in [0.15, 0.2) is 42.5 Å². The Morgan fingerprint density at radius 3 is 2.81 bits per heavy atom. The first kappa shape index (κ1) is 16.6. The third kappa shape index (κ3) is 4.02. The van der Waals surface area contributed by atoms with E-state index >= 15 is 0 Å². The fourth-order valence-corrected chi connectivity index (χ4v) is 3.27. The largest absolute Gasteiger partial charge is 0.492 e. The molecule has 0 saturated heterocycles. The quantitative estimate of drug-likeness (QED) is 0.640. The van der Waals surface area contributed by atoms with Crippen LogP contribution in [0.1, 0.15) is 10.6 Å². The first-order valence-electron chi connectivity index (χ1n) is 8.09. The second kappa shape index (κ2) is 7.57. The molecule has 0 amide bonds. The van der Waals surface area contributed by atoms with E-state index < -0.39 is 0 Å². The lowest BCUT2D eigenvalue weighted by atomic mass is 10.2. The number of hydrogen-bond donors (Lipinski definition) is 1. The summed E-state index contributed by atoms with van der Waals surface area (Å²) < 4.78 is 29.2. The smallest absolute Gasteiger partial charge is 0.231 e. The summed E-state index contributed by atoms with van der Waals surface area (Å²) in [4.78, 5) is 0. The van der Waals surface area contributed by atoms with Crippen molar-refractivity contribution >= 4 is 16.5 Å². The monoisotopic (exact) mass is 373 g/mol. The molecule has 0 bridgehead atoms. The molecule has 2 aromatic carbocycles. The van der Waals surface area contributed by atoms with Crippen molar-refractivity contribution in [1.29, 1.82) is 0 Å². The molecule has 4 rings (SSSR count). The maximum atomic E-state index is 12.9. The van der Waals surface area contributed by atoms with Gasteiger partial charge in [0.25, 0.3) is 0 Å². The van der Waals surface area contributed by atoms with E-state index in [0.29, 0.717) is 25.3 Å². The molecule has 0 fully saturated rings. The normalized spacial score (nSPS) is 12.2. The Morgan fingerprint density at radius 1 is 1.08 bits per heavy atom. The van der Waals surface area contributed by atoms with Gasteiger partial charge >= 0.3 is 0 Å². The molecule has 2 heterocycles. The summed E-state index contributed by atoms with van der Waals surface area (Å²) >= 11 is 1.48. The standard InChI is InChI=1S/C18H16FN3O3S/c19-13-3-1-12(2-4-13)9-17-21-22-18(26-17)20-7-8-23-14-5-6-15-16(10-14)25-11-24-15/h1-6,10H,7-9,11H2,(H,20,22). The number of halogens is 1. The van der Waals surface area contributed by atoms with Crippen LogP contribution in [-0.2, 0) is 6.42 Å². The number of aromatic nitrogens is 2. The van der Waals surface area contributed by atoms with E-state index in [1.807, 2.05) is 18.2 Å². The summed E-state index contributed by atoms with van der Waals surface area (Å²) in [5, 5.41) is 13.1. The zero-order chi connectivity index (χ0) is 17.8. The van der Waals surface area contributed by atoms with Gasteiger partial charge in [-0.15, -0.1) is 10.2 Å². The Kier molecular flexibility index (Phi) is 4.83. The fourth-order valence-electron chi connectivity index (χ4n) is 2.47. The topological polar surface area (TPSA) is 65.5 Å². The van der Waals surface area contributed by atoms with Crippen LogP contribution < -0.4 is 19.5 Å². The highest BCUT2D eigenvalue weighted by Gasteiger charge is 2.13. The molecule has 1 aliphatic heterocycles. The molecular weight excluding hydrogens is 357 g/mol. The van der Waals surface area contributed by atoms with Gasteiger partial charge in [-0.05, 0) is 29.8 Å². The predicted molar refractivity (Wildman–Crippen MR) is 95.7 cm³/mol. The third-order valence-electron chi connectivity index (χ3n) is 3.73. The second-order valence-electron chi connectivity index (χ2n) is 5.59. The van der Waals surface area contributed by atoms with Crippen LogP contribution in [-0.4, -0.2) is 30.1 Å². The molecule has 134 valence electrons. The summed E-state index contributed by atoms with van der Waals surface area (Å²) in [5.41, 5.74) is 1.00. The van der Waals surface area contributed by atoms with E-state index in [0.717, 1.165) is 27.2 Å². The van der Waals surface area contributed by atoms with Crippen molar-refractivity contribution in [3.63, 3.8) is 0 Å². The van der Waals surface area contributed by atoms with E-state index in [2.05, 4.69) is 15.5 Å². The zero-order valence-electron chi connectivity index (χ0n) is 13.8. The maximum absolute atomic E-state index is 12.9. The fraction of sp³-hybridized carbons (Fsp3) is 0.222. The van der Waals surface area contributed by atoms with Crippen LogP contribution in [0.5, 0.6) is 17.2 Å². The van der Waals surface area contributed by atoms with Crippen molar-refractivity contribution in [3.8, 4) is 17.2 Å². The molecular formula is C18H16FN3O3S. The Labute approximate surface area is 153 Å². The minimum atomic E-state index is -0.240. The number of fused-ring (bicyclic) bond motifs is 1. The highest BCUT2D eigenvalue weighted by molar-refractivity contribution is 7.15. The molecule has 0 aliphatic carbocycles. The summed E-state index contributed by atoms with van der Waals surface area (Å²) in [7, 11) is 0. The van der Waals surface area contributed by atoms with E-state index in [1.165, 1.54) is 23.5 Å². The van der Waals surface area contributed by atoms with E-state index in [-0.39, 0.29) is 12.6 Å². The average molecular weight is 373 g/mol. The zero-order valence-corrected chi connectivity index (χ0v) is 14.6. The van der Waals surface area contributed by atoms with Crippen LogP contribution in [0, 0.1) is 5.82 Å². The molecule has 8 heteroatoms. The van der Waals surface area contributed by atoms with Crippen molar-refractivity contribution < 1.29 is 18.6 Å². The minimum Gasteiger partial charge on any atom is -0.492 e. The molecule has 0 radical (unpaired) electrons. The van der Waals surface area contributed by atoms with Crippen molar-refractivity contribution in [1.82, 2.24) is 10.2 Å². The van der Waals surface area contributed by atoms with Crippen LogP contribution in [0.2, 0.25) is 0 Å². The lowest BCUT2D eigenvalue weighted by molar-refractivity contribution is 0.174. The Morgan fingerprint density at radius 2 is 1.92 bits per heavy atom. The number of anilines is 1. The third-order valence-corrected chi connectivity index (χ3v) is 4.61. The van der Waals surface area contributed by atoms with E-state index in [4.69, 9.17) is 14.2 Å². The van der Waals surface area contributed by atoms with Crippen LogP contribution in [0.3, 0.4) is 0 Å². The molecule has 0 saturated carbocycles. The van der Waals surface area contributed by atoms with Gasteiger partial charge in [0.15, 0.2) is 11.5 Å². The number of nitrogens with one attached hydrogen (secondary N) is 1. The second-order valence-corrected chi connectivity index (χ2v) is 6.66. The molecule has 1 aromatic heterocycles. The van der Waals surface area contributed by atoms with Gasteiger partial charge in [-0.3, -0.25) is 0 Å². The predicted octanol–water partition coefficient (Wildman–Crippen LogP) is 3.49. The van der Waals surface area contributed by atoms with Crippen LogP contribution >= 0.6 is 11.3 Å². The number of ether oxygens (including phenoxy) is 3. The average Bonchev–Trinajstić information content (AvgIpc) is 3.29. The van der Waals surface area contributed by atoms with Crippen molar-refractivity contribution in [2.45, 2.75) is 6.42 Å². The lowest BCUT2D eigenvalue weighted by Gasteiger charge is -2.07. The molecule has 26 heavy (non-hydrogen) atoms. The highest BCUT2D eigenvalue weighted by atomic mass is 32.1. The summed E-state index contributed by atoms with van der Waals surface area (Å²) in [5.74, 6) is 1.92. The minimum absolute atomic E-state index is 0.240. The first-order valence-corrected chi connectivity index (χ1v) is 8.91. The summed E-state index contributed by atoms with van der Waals surface area (Å²) in [6, 6.07) is 11.9. The Hall–Kier alpha value is -2.87. The van der Waals surface area contributed by atoms with Crippen molar-refractivity contribution in [2.24, 2.45) is 0 Å². The Bertz CT molecular complexity index is 886. The van der Waals surface area contributed by atoms with Gasteiger partial charge < -0.3 is 19.5 Å². The molecule has 0 unspecified atom stereocenters. The van der Waals surface area contributed by atoms with Gasteiger partial charge in [0.05, 0.1) is 6.54 Å². The maximum Gasteiger partial charge on any atom is 0.231 e. The Balaban J connectivity index is 1.24. The van der Waals surface area contributed by atoms with Crippen LogP contribution in [0.25, 0.3) is 0 Å². The molecule has 6 nitrogen and oxygen atoms in total. The summed E-state index contributed by atoms with van der Waals surface area (Å²) in [6.45, 7) is 1.32. The molecule has 0 spiro atoms. The van der Waals surface area contributed by atoms with Gasteiger partial charge in [-0.25, -0.2) is 4.39 Å². The van der Waals surface area contributed by atoms with Gasteiger partial charge in [0.2, 0.25) is 11.9 Å². The van der Waals surface area contributed by atoms with Gasteiger partial charge in [0, 0.05) is 12.5 Å². The number of benzene rings is 2. The SMILES string of the molecule is Fc1ccc(Cc2nnc(NCCOc3ccc4c(c3)OCO4)s2)cc1. The number of hydrogen-bond acceptors (Lipinski definition) is 7. The van der Waals surface area contributed by atoms with Gasteiger partial charge in [0.1, 0.15) is 23.2 Å². The summed E-state index contributed by atoms with van der Waals surface area (Å²) in [6.07, 6.45) is 0.632. The number of nitrogens with zero attached hydrogens (tertiary/aromatic N) is 2. The molecule has 1 aliphatic rings. The molecule has 0 atom stereocenters. The van der Waals surface area contributed by atoms with E-state index in [1.54, 1.807) is 12.1 Å².